The van der Waals surface area contributed by atoms with Crippen LogP contribution in [0.1, 0.15) is 5.56 Å². The molecule has 2 rings (SSSR count). The molecule has 19 heavy (non-hydrogen) atoms. The number of carbonyl (C=O) groups excluding carboxylic acids is 1. The van der Waals surface area contributed by atoms with E-state index in [1.807, 2.05) is 0 Å². The minimum Gasteiger partial charge on any atom is -0.497 e. The van der Waals surface area contributed by atoms with Gasteiger partial charge in [0.1, 0.15) is 5.75 Å². The summed E-state index contributed by atoms with van der Waals surface area (Å²) in [6.45, 7) is 0. The molecule has 1 aliphatic heterocycles. The van der Waals surface area contributed by atoms with Crippen molar-refractivity contribution in [1.29, 1.82) is 0 Å². The van der Waals surface area contributed by atoms with Crippen LogP contribution in [-0.2, 0) is 19.4 Å². The van der Waals surface area contributed by atoms with E-state index in [-0.39, 0.29) is 4.91 Å². The summed E-state index contributed by atoms with van der Waals surface area (Å²) in [4.78, 5) is 11.0. The van der Waals surface area contributed by atoms with Crippen molar-refractivity contribution >= 4 is 21.4 Å². The lowest BCUT2D eigenvalue weighted by Gasteiger charge is -2.01. The molecule has 0 saturated carbocycles. The molecule has 1 aromatic rings. The minimum atomic E-state index is -3.72. The van der Waals surface area contributed by atoms with Gasteiger partial charge in [-0.1, -0.05) is 12.1 Å². The number of sulfone groups is 1. The van der Waals surface area contributed by atoms with Gasteiger partial charge in [0.25, 0.3) is 0 Å². The lowest BCUT2D eigenvalue weighted by Crippen LogP contribution is -2.10. The summed E-state index contributed by atoms with van der Waals surface area (Å²) in [7, 11) is -1.03. The molecule has 0 fully saturated rings. The molecule has 0 unspecified atom stereocenters. The Balaban J connectivity index is 2.41. The van der Waals surface area contributed by atoms with Crippen molar-refractivity contribution < 1.29 is 22.7 Å². The molecule has 0 atom stereocenters. The van der Waals surface area contributed by atoms with Gasteiger partial charge in [-0.15, -0.1) is 0 Å². The highest BCUT2D eigenvalue weighted by molar-refractivity contribution is 7.99. The molecule has 1 aromatic carbocycles. The van der Waals surface area contributed by atoms with E-state index in [0.717, 1.165) is 12.5 Å². The maximum atomic E-state index is 11.8. The highest BCUT2D eigenvalue weighted by atomic mass is 32.2. The average Bonchev–Trinajstić information content (AvgIpc) is 2.74. The first-order chi connectivity index (χ1) is 8.97. The second kappa shape index (κ2) is 4.89. The quantitative estimate of drug-likeness (QED) is 0.785. The van der Waals surface area contributed by atoms with Crippen LogP contribution in [0.2, 0.25) is 0 Å². The standard InChI is InChI=1S/C13H12O5S/c1-17-11-5-3-9(4-6-11)10-7-12(13(14)18-2)19(15,16)8-10/h3-8H,1-2H3. The van der Waals surface area contributed by atoms with Crippen molar-refractivity contribution in [2.24, 2.45) is 0 Å². The maximum Gasteiger partial charge on any atom is 0.349 e. The summed E-state index contributed by atoms with van der Waals surface area (Å²) in [5, 5.41) is 1.06. The predicted molar refractivity (Wildman–Crippen MR) is 70.0 cm³/mol. The summed E-state index contributed by atoms with van der Waals surface area (Å²) in [6.07, 6.45) is 1.31. The van der Waals surface area contributed by atoms with Crippen molar-refractivity contribution in [2.75, 3.05) is 14.2 Å². The molecule has 6 heteroatoms. The Hall–Kier alpha value is -2.08. The fourth-order valence-corrected chi connectivity index (χ4v) is 2.97. The van der Waals surface area contributed by atoms with E-state index in [9.17, 15) is 13.2 Å². The third-order valence-electron chi connectivity index (χ3n) is 2.69. The number of esters is 1. The number of rotatable bonds is 3. The van der Waals surface area contributed by atoms with E-state index in [2.05, 4.69) is 4.74 Å². The SMILES string of the molecule is COC(=O)C1=CC(c2ccc(OC)cc2)=CS1(=O)=O. The van der Waals surface area contributed by atoms with Crippen LogP contribution in [0.3, 0.4) is 0 Å². The van der Waals surface area contributed by atoms with Gasteiger partial charge >= 0.3 is 5.97 Å². The Morgan fingerprint density at radius 1 is 1.11 bits per heavy atom. The average molecular weight is 280 g/mol. The molecule has 0 bridgehead atoms. The van der Waals surface area contributed by atoms with Gasteiger partial charge in [-0.05, 0) is 29.3 Å². The highest BCUT2D eigenvalue weighted by Crippen LogP contribution is 2.30. The first kappa shape index (κ1) is 13.4. The molecule has 1 heterocycles. The second-order valence-corrected chi connectivity index (χ2v) is 5.61. The molecule has 100 valence electrons. The Morgan fingerprint density at radius 3 is 2.26 bits per heavy atom. The lowest BCUT2D eigenvalue weighted by molar-refractivity contribution is -0.135. The van der Waals surface area contributed by atoms with E-state index < -0.39 is 15.8 Å². The van der Waals surface area contributed by atoms with Gasteiger partial charge in [-0.2, -0.15) is 0 Å². The molecular formula is C13H12O5S. The predicted octanol–water partition coefficient (Wildman–Crippen LogP) is 1.52. The topological polar surface area (TPSA) is 69.7 Å². The van der Waals surface area contributed by atoms with E-state index in [1.54, 1.807) is 31.4 Å². The van der Waals surface area contributed by atoms with Crippen LogP contribution in [0.5, 0.6) is 5.75 Å². The summed E-state index contributed by atoms with van der Waals surface area (Å²) < 4.78 is 33.1. The normalized spacial score (nSPS) is 16.5. The summed E-state index contributed by atoms with van der Waals surface area (Å²) in [5.74, 6) is -0.192. The number of ether oxygens (including phenoxy) is 2. The fraction of sp³-hybridized carbons (Fsp3) is 0.154. The smallest absolute Gasteiger partial charge is 0.349 e. The Labute approximate surface area is 111 Å². The maximum absolute atomic E-state index is 11.8. The van der Waals surface area contributed by atoms with Gasteiger partial charge < -0.3 is 9.47 Å². The van der Waals surface area contributed by atoms with Crippen molar-refractivity contribution in [1.82, 2.24) is 0 Å². The Bertz CT molecular complexity index is 665. The van der Waals surface area contributed by atoms with Crippen molar-refractivity contribution in [3.8, 4) is 5.75 Å². The number of methoxy groups -OCH3 is 2. The van der Waals surface area contributed by atoms with Gasteiger partial charge in [-0.3, -0.25) is 0 Å². The minimum absolute atomic E-state index is 0.346. The second-order valence-electron chi connectivity index (χ2n) is 3.85. The summed E-state index contributed by atoms with van der Waals surface area (Å²) in [6, 6.07) is 6.87. The zero-order chi connectivity index (χ0) is 14.0. The highest BCUT2D eigenvalue weighted by Gasteiger charge is 2.29. The number of hydrogen-bond donors (Lipinski definition) is 0. The molecular weight excluding hydrogens is 268 g/mol. The zero-order valence-electron chi connectivity index (χ0n) is 10.4. The third-order valence-corrected chi connectivity index (χ3v) is 4.15. The Kier molecular flexibility index (Phi) is 3.44. The zero-order valence-corrected chi connectivity index (χ0v) is 11.2. The van der Waals surface area contributed by atoms with Gasteiger partial charge in [0.2, 0.25) is 9.84 Å². The van der Waals surface area contributed by atoms with Crippen LogP contribution >= 0.6 is 0 Å². The molecule has 0 spiro atoms. The van der Waals surface area contributed by atoms with Crippen molar-refractivity contribution in [3.05, 3.63) is 46.2 Å². The third kappa shape index (κ3) is 2.53. The number of carbonyl (C=O) groups is 1. The van der Waals surface area contributed by atoms with E-state index >= 15 is 0 Å². The van der Waals surface area contributed by atoms with Gasteiger partial charge in [-0.25, -0.2) is 13.2 Å². The van der Waals surface area contributed by atoms with E-state index in [4.69, 9.17) is 4.74 Å². The van der Waals surface area contributed by atoms with Gasteiger partial charge in [0, 0.05) is 5.41 Å². The van der Waals surface area contributed by atoms with E-state index in [1.165, 1.54) is 6.08 Å². The Morgan fingerprint density at radius 2 is 1.74 bits per heavy atom. The molecule has 0 N–H and O–H groups in total. The van der Waals surface area contributed by atoms with Crippen LogP contribution < -0.4 is 4.74 Å². The largest absolute Gasteiger partial charge is 0.497 e. The molecule has 0 saturated heterocycles. The monoisotopic (exact) mass is 280 g/mol. The lowest BCUT2D eigenvalue weighted by atomic mass is 10.1. The molecule has 0 radical (unpaired) electrons. The molecule has 0 aliphatic carbocycles. The first-order valence-electron chi connectivity index (χ1n) is 5.39. The summed E-state index contributed by atoms with van der Waals surface area (Å²) >= 11 is 0. The van der Waals surface area contributed by atoms with Crippen molar-refractivity contribution in [3.63, 3.8) is 0 Å². The molecule has 5 nitrogen and oxygen atoms in total. The van der Waals surface area contributed by atoms with Crippen LogP contribution in [-0.4, -0.2) is 28.6 Å². The molecule has 0 aromatic heterocycles. The number of benzene rings is 1. The number of hydrogen-bond acceptors (Lipinski definition) is 5. The molecule has 1 aliphatic rings. The van der Waals surface area contributed by atoms with Crippen LogP contribution in [0.25, 0.3) is 5.57 Å². The first-order valence-corrected chi connectivity index (χ1v) is 6.94. The molecule has 0 amide bonds. The number of allylic oxidation sites excluding steroid dienone is 2. The van der Waals surface area contributed by atoms with Gasteiger partial charge in [0.15, 0.2) is 4.91 Å². The van der Waals surface area contributed by atoms with Crippen LogP contribution in [0.4, 0.5) is 0 Å². The van der Waals surface area contributed by atoms with E-state index in [0.29, 0.717) is 16.9 Å². The fourth-order valence-electron chi connectivity index (χ4n) is 1.70. The van der Waals surface area contributed by atoms with Crippen molar-refractivity contribution in [2.45, 2.75) is 0 Å². The van der Waals surface area contributed by atoms with Crippen LogP contribution in [0.15, 0.2) is 40.7 Å². The summed E-state index contributed by atoms with van der Waals surface area (Å²) in [5.41, 5.74) is 1.13. The van der Waals surface area contributed by atoms with Gasteiger partial charge in [0.05, 0.1) is 14.2 Å². The van der Waals surface area contributed by atoms with Crippen LogP contribution in [0, 0.1) is 0 Å².